The van der Waals surface area contributed by atoms with Gasteiger partial charge in [-0.1, -0.05) is 60.1 Å². The van der Waals surface area contributed by atoms with Crippen LogP contribution in [0.1, 0.15) is 5.56 Å². The topological polar surface area (TPSA) is 9.23 Å². The maximum atomic E-state index is 6.44. The molecule has 0 N–H and O–H groups in total. The third-order valence-electron chi connectivity index (χ3n) is 4.12. The van der Waals surface area contributed by atoms with Gasteiger partial charge in [0.2, 0.25) is 0 Å². The van der Waals surface area contributed by atoms with E-state index in [2.05, 4.69) is 48.5 Å². The third kappa shape index (κ3) is 2.48. The second-order valence-corrected chi connectivity index (χ2v) is 6.98. The maximum Gasteiger partial charge on any atom is 0.0831 e. The number of halogens is 1. The van der Waals surface area contributed by atoms with Crippen LogP contribution in [0.5, 0.6) is 0 Å². The highest BCUT2D eigenvalue weighted by molar-refractivity contribution is 7.26. The van der Waals surface area contributed by atoms with Crippen LogP contribution < -0.4 is 0 Å². The van der Waals surface area contributed by atoms with Crippen LogP contribution in [0.15, 0.2) is 66.9 Å². The Bertz CT molecular complexity index is 1060. The second-order valence-electron chi connectivity index (χ2n) is 5.52. The molecule has 0 atom stereocenters. The summed E-state index contributed by atoms with van der Waals surface area (Å²) in [6.45, 7) is 0. The van der Waals surface area contributed by atoms with Gasteiger partial charge in [-0.15, -0.1) is 11.3 Å². The normalized spacial score (nSPS) is 11.6. The minimum absolute atomic E-state index is 0.721. The van der Waals surface area contributed by atoms with Gasteiger partial charge in [-0.2, -0.15) is 0 Å². The van der Waals surface area contributed by atoms with Gasteiger partial charge in [0.15, 0.2) is 0 Å². The van der Waals surface area contributed by atoms with E-state index >= 15 is 0 Å². The first-order valence-electron chi connectivity index (χ1n) is 7.68. The highest BCUT2D eigenvalue weighted by atomic mass is 35.5. The van der Waals surface area contributed by atoms with Crippen molar-refractivity contribution in [1.82, 2.24) is 0 Å². The first-order valence-corrected chi connectivity index (χ1v) is 8.87. The molecule has 1 heterocycles. The first-order chi connectivity index (χ1) is 11.8. The van der Waals surface area contributed by atoms with Crippen LogP contribution >= 0.6 is 22.9 Å². The van der Waals surface area contributed by atoms with Crippen molar-refractivity contribution in [3.63, 3.8) is 0 Å². The molecule has 3 aromatic carbocycles. The summed E-state index contributed by atoms with van der Waals surface area (Å²) >= 11 is 8.26. The van der Waals surface area contributed by atoms with E-state index in [0.29, 0.717) is 0 Å². The zero-order valence-corrected chi connectivity index (χ0v) is 14.7. The molecule has 0 saturated carbocycles. The van der Waals surface area contributed by atoms with Crippen molar-refractivity contribution in [3.05, 3.63) is 77.5 Å². The van der Waals surface area contributed by atoms with Gasteiger partial charge in [-0.05, 0) is 23.8 Å². The Kier molecular flexibility index (Phi) is 4.01. The molecular weight excluding hydrogens is 336 g/mol. The molecule has 0 fully saturated rings. The number of thiophene rings is 1. The van der Waals surface area contributed by atoms with Crippen molar-refractivity contribution in [2.24, 2.45) is 0 Å². The fourth-order valence-corrected chi connectivity index (χ4v) is 4.50. The predicted molar refractivity (Wildman–Crippen MR) is 106 cm³/mol. The zero-order valence-electron chi connectivity index (χ0n) is 13.1. The average Bonchev–Trinajstić information content (AvgIpc) is 2.99. The number of hydrogen-bond acceptors (Lipinski definition) is 2. The molecule has 0 aliphatic rings. The van der Waals surface area contributed by atoms with Gasteiger partial charge in [0.05, 0.1) is 13.4 Å². The molecule has 0 aliphatic carbocycles. The molecule has 0 radical (unpaired) electrons. The Morgan fingerprint density at radius 1 is 0.875 bits per heavy atom. The maximum absolute atomic E-state index is 6.44. The van der Waals surface area contributed by atoms with E-state index in [1.165, 1.54) is 25.7 Å². The molecule has 1 aromatic heterocycles. The first kappa shape index (κ1) is 15.3. The standard InChI is InChI=1S/C21H15ClOS/c1-23-13-12-15-14(7-5-10-19(15)22)17-8-4-9-18-16-6-2-3-11-20(16)24-21(17)18/h2-13H,1H3/b13-12+. The minimum atomic E-state index is 0.721. The molecule has 0 saturated heterocycles. The summed E-state index contributed by atoms with van der Waals surface area (Å²) in [4.78, 5) is 0. The smallest absolute Gasteiger partial charge is 0.0831 e. The molecule has 0 unspecified atom stereocenters. The lowest BCUT2D eigenvalue weighted by atomic mass is 9.98. The molecule has 0 amide bonds. The van der Waals surface area contributed by atoms with E-state index < -0.39 is 0 Å². The minimum Gasteiger partial charge on any atom is -0.504 e. The van der Waals surface area contributed by atoms with E-state index in [1.54, 1.807) is 13.4 Å². The van der Waals surface area contributed by atoms with Gasteiger partial charge in [0.25, 0.3) is 0 Å². The van der Waals surface area contributed by atoms with Crippen LogP contribution in [0.25, 0.3) is 37.4 Å². The molecule has 3 heteroatoms. The summed E-state index contributed by atoms with van der Waals surface area (Å²) in [7, 11) is 1.64. The van der Waals surface area contributed by atoms with Crippen molar-refractivity contribution in [3.8, 4) is 11.1 Å². The number of ether oxygens (including phenoxy) is 1. The number of hydrogen-bond donors (Lipinski definition) is 0. The van der Waals surface area contributed by atoms with Gasteiger partial charge < -0.3 is 4.74 Å². The van der Waals surface area contributed by atoms with Crippen LogP contribution in [0, 0.1) is 0 Å². The van der Waals surface area contributed by atoms with Gasteiger partial charge >= 0.3 is 0 Å². The van der Waals surface area contributed by atoms with Crippen molar-refractivity contribution < 1.29 is 4.74 Å². The van der Waals surface area contributed by atoms with Crippen molar-refractivity contribution in [2.45, 2.75) is 0 Å². The number of rotatable bonds is 3. The van der Waals surface area contributed by atoms with E-state index in [9.17, 15) is 0 Å². The fraction of sp³-hybridized carbons (Fsp3) is 0.0476. The predicted octanol–water partition coefficient (Wildman–Crippen LogP) is 6.99. The Labute approximate surface area is 149 Å². The summed E-state index contributed by atoms with van der Waals surface area (Å²) in [6, 6.07) is 21.0. The van der Waals surface area contributed by atoms with Gasteiger partial charge in [0, 0.05) is 36.3 Å². The molecule has 4 aromatic rings. The molecule has 1 nitrogen and oxygen atoms in total. The largest absolute Gasteiger partial charge is 0.504 e. The lowest BCUT2D eigenvalue weighted by molar-refractivity contribution is 0.341. The molecule has 0 aliphatic heterocycles. The van der Waals surface area contributed by atoms with E-state index in [-0.39, 0.29) is 0 Å². The monoisotopic (exact) mass is 350 g/mol. The SMILES string of the molecule is CO/C=C/c1c(Cl)cccc1-c1cccc2c1sc1ccccc12. The quantitative estimate of drug-likeness (QED) is 0.362. The average molecular weight is 351 g/mol. The second kappa shape index (κ2) is 6.31. The molecule has 24 heavy (non-hydrogen) atoms. The molecule has 118 valence electrons. The van der Waals surface area contributed by atoms with Crippen LogP contribution in [0.4, 0.5) is 0 Å². The van der Waals surface area contributed by atoms with E-state index in [1.807, 2.05) is 29.5 Å². The van der Waals surface area contributed by atoms with Crippen LogP contribution in [0.2, 0.25) is 5.02 Å². The Morgan fingerprint density at radius 2 is 1.62 bits per heavy atom. The summed E-state index contributed by atoms with van der Waals surface area (Å²) in [5.41, 5.74) is 3.30. The summed E-state index contributed by atoms with van der Waals surface area (Å²) in [6.07, 6.45) is 3.58. The molecule has 4 rings (SSSR count). The summed E-state index contributed by atoms with van der Waals surface area (Å²) < 4.78 is 7.68. The van der Waals surface area contributed by atoms with Crippen molar-refractivity contribution in [2.75, 3.05) is 7.11 Å². The summed E-state index contributed by atoms with van der Waals surface area (Å²) in [5.74, 6) is 0. The van der Waals surface area contributed by atoms with Gasteiger partial charge in [-0.25, -0.2) is 0 Å². The lowest BCUT2D eigenvalue weighted by Crippen LogP contribution is -1.85. The van der Waals surface area contributed by atoms with Crippen LogP contribution in [0.3, 0.4) is 0 Å². The number of fused-ring (bicyclic) bond motifs is 3. The Hall–Kier alpha value is -2.29. The van der Waals surface area contributed by atoms with Gasteiger partial charge in [-0.3, -0.25) is 0 Å². The zero-order chi connectivity index (χ0) is 16.5. The highest BCUT2D eigenvalue weighted by Crippen LogP contribution is 2.41. The third-order valence-corrected chi connectivity index (χ3v) is 5.67. The van der Waals surface area contributed by atoms with E-state index in [4.69, 9.17) is 16.3 Å². The molecule has 0 spiro atoms. The van der Waals surface area contributed by atoms with Crippen LogP contribution in [-0.4, -0.2) is 7.11 Å². The number of methoxy groups -OCH3 is 1. The Morgan fingerprint density at radius 3 is 2.50 bits per heavy atom. The van der Waals surface area contributed by atoms with E-state index in [0.717, 1.165) is 16.1 Å². The molecular formula is C21H15ClOS. The summed E-state index contributed by atoms with van der Waals surface area (Å²) in [5, 5.41) is 3.31. The molecule has 0 bridgehead atoms. The van der Waals surface area contributed by atoms with Crippen LogP contribution in [-0.2, 0) is 4.74 Å². The lowest BCUT2D eigenvalue weighted by Gasteiger charge is -2.09. The van der Waals surface area contributed by atoms with Crippen molar-refractivity contribution >= 4 is 49.2 Å². The van der Waals surface area contributed by atoms with Gasteiger partial charge in [0.1, 0.15) is 0 Å². The highest BCUT2D eigenvalue weighted by Gasteiger charge is 2.13. The number of benzene rings is 3. The van der Waals surface area contributed by atoms with Crippen molar-refractivity contribution in [1.29, 1.82) is 0 Å². The Balaban J connectivity index is 2.04. The fourth-order valence-electron chi connectivity index (χ4n) is 3.04.